The number of piperazine rings is 1. The SMILES string of the molecule is CCCC(NC(=O)CN1CCNCC1)c1ccccc1. The van der Waals surface area contributed by atoms with Crippen molar-refractivity contribution in [3.05, 3.63) is 35.9 Å². The Hall–Kier alpha value is -1.39. The van der Waals surface area contributed by atoms with Gasteiger partial charge in [0.1, 0.15) is 0 Å². The van der Waals surface area contributed by atoms with E-state index in [9.17, 15) is 4.79 Å². The first-order valence-corrected chi connectivity index (χ1v) is 7.57. The van der Waals surface area contributed by atoms with Crippen LogP contribution in [0.15, 0.2) is 30.3 Å². The van der Waals surface area contributed by atoms with E-state index in [-0.39, 0.29) is 11.9 Å². The molecule has 1 saturated heterocycles. The highest BCUT2D eigenvalue weighted by molar-refractivity contribution is 5.78. The van der Waals surface area contributed by atoms with Crippen molar-refractivity contribution in [2.45, 2.75) is 25.8 Å². The molecular formula is C16H25N3O. The summed E-state index contributed by atoms with van der Waals surface area (Å²) in [6, 6.07) is 10.4. The van der Waals surface area contributed by atoms with Gasteiger partial charge in [-0.25, -0.2) is 0 Å². The number of hydrogen-bond acceptors (Lipinski definition) is 3. The van der Waals surface area contributed by atoms with Crippen LogP contribution in [0, 0.1) is 0 Å². The lowest BCUT2D eigenvalue weighted by molar-refractivity contribution is -0.123. The Balaban J connectivity index is 1.88. The summed E-state index contributed by atoms with van der Waals surface area (Å²) in [4.78, 5) is 14.4. The van der Waals surface area contributed by atoms with Crippen LogP contribution in [0.1, 0.15) is 31.4 Å². The molecule has 2 rings (SSSR count). The molecule has 1 aliphatic heterocycles. The highest BCUT2D eigenvalue weighted by Crippen LogP contribution is 2.17. The fourth-order valence-corrected chi connectivity index (χ4v) is 2.61. The van der Waals surface area contributed by atoms with Crippen LogP contribution in [-0.4, -0.2) is 43.5 Å². The van der Waals surface area contributed by atoms with Crippen molar-refractivity contribution in [3.8, 4) is 0 Å². The molecule has 1 heterocycles. The highest BCUT2D eigenvalue weighted by atomic mass is 16.2. The molecule has 1 unspecified atom stereocenters. The number of rotatable bonds is 6. The van der Waals surface area contributed by atoms with E-state index in [1.165, 1.54) is 5.56 Å². The van der Waals surface area contributed by atoms with Crippen molar-refractivity contribution in [2.24, 2.45) is 0 Å². The van der Waals surface area contributed by atoms with Gasteiger partial charge in [-0.2, -0.15) is 0 Å². The number of amides is 1. The summed E-state index contributed by atoms with van der Waals surface area (Å²) in [5.41, 5.74) is 1.20. The van der Waals surface area contributed by atoms with Crippen LogP contribution >= 0.6 is 0 Å². The first-order chi connectivity index (χ1) is 9.79. The summed E-state index contributed by atoms with van der Waals surface area (Å²) in [5, 5.41) is 6.48. The molecule has 110 valence electrons. The Morgan fingerprint density at radius 1 is 1.30 bits per heavy atom. The molecule has 0 aromatic heterocycles. The lowest BCUT2D eigenvalue weighted by atomic mass is 10.0. The van der Waals surface area contributed by atoms with Gasteiger partial charge in [0, 0.05) is 26.2 Å². The lowest BCUT2D eigenvalue weighted by Crippen LogP contribution is -2.47. The van der Waals surface area contributed by atoms with Crippen LogP contribution in [0.4, 0.5) is 0 Å². The number of carbonyl (C=O) groups excluding carboxylic acids is 1. The summed E-state index contributed by atoms with van der Waals surface area (Å²) >= 11 is 0. The second kappa shape index (κ2) is 8.02. The molecule has 20 heavy (non-hydrogen) atoms. The van der Waals surface area contributed by atoms with Gasteiger partial charge in [0.15, 0.2) is 0 Å². The van der Waals surface area contributed by atoms with Crippen LogP contribution in [0.5, 0.6) is 0 Å². The zero-order valence-corrected chi connectivity index (χ0v) is 12.3. The number of hydrogen-bond donors (Lipinski definition) is 2. The van der Waals surface area contributed by atoms with Crippen LogP contribution in [0.2, 0.25) is 0 Å². The van der Waals surface area contributed by atoms with Gasteiger partial charge in [0.25, 0.3) is 0 Å². The van der Waals surface area contributed by atoms with Crippen molar-refractivity contribution >= 4 is 5.91 Å². The van der Waals surface area contributed by atoms with E-state index >= 15 is 0 Å². The molecule has 0 spiro atoms. The number of nitrogens with zero attached hydrogens (tertiary/aromatic N) is 1. The second-order valence-electron chi connectivity index (χ2n) is 5.35. The Morgan fingerprint density at radius 3 is 2.65 bits per heavy atom. The first-order valence-electron chi connectivity index (χ1n) is 7.57. The quantitative estimate of drug-likeness (QED) is 0.828. The fraction of sp³-hybridized carbons (Fsp3) is 0.562. The molecule has 0 radical (unpaired) electrons. The van der Waals surface area contributed by atoms with Gasteiger partial charge in [-0.3, -0.25) is 9.69 Å². The molecule has 1 aromatic carbocycles. The molecule has 1 aromatic rings. The van der Waals surface area contributed by atoms with Crippen LogP contribution in [-0.2, 0) is 4.79 Å². The van der Waals surface area contributed by atoms with E-state index in [2.05, 4.69) is 34.6 Å². The molecular weight excluding hydrogens is 250 g/mol. The zero-order valence-electron chi connectivity index (χ0n) is 12.3. The normalized spacial score (nSPS) is 17.6. The molecule has 1 fully saturated rings. The molecule has 2 N–H and O–H groups in total. The standard InChI is InChI=1S/C16H25N3O/c1-2-6-15(14-7-4-3-5-8-14)18-16(20)13-19-11-9-17-10-12-19/h3-5,7-8,15,17H,2,6,9-13H2,1H3,(H,18,20). The van der Waals surface area contributed by atoms with Gasteiger partial charge >= 0.3 is 0 Å². The molecule has 0 bridgehead atoms. The molecule has 4 heteroatoms. The first kappa shape index (κ1) is 15.0. The number of nitrogens with one attached hydrogen (secondary N) is 2. The van der Waals surface area contributed by atoms with Crippen LogP contribution in [0.3, 0.4) is 0 Å². The van der Waals surface area contributed by atoms with Crippen molar-refractivity contribution < 1.29 is 4.79 Å². The zero-order chi connectivity index (χ0) is 14.2. The smallest absolute Gasteiger partial charge is 0.234 e. The van der Waals surface area contributed by atoms with Crippen molar-refractivity contribution in [1.29, 1.82) is 0 Å². The minimum absolute atomic E-state index is 0.134. The van der Waals surface area contributed by atoms with Gasteiger partial charge in [0.05, 0.1) is 12.6 Å². The van der Waals surface area contributed by atoms with Gasteiger partial charge < -0.3 is 10.6 Å². The molecule has 4 nitrogen and oxygen atoms in total. The number of carbonyl (C=O) groups is 1. The van der Waals surface area contributed by atoms with Crippen LogP contribution < -0.4 is 10.6 Å². The third-order valence-corrected chi connectivity index (χ3v) is 3.69. The predicted octanol–water partition coefficient (Wildman–Crippen LogP) is 1.55. The Kier molecular flexibility index (Phi) is 6.02. The average molecular weight is 275 g/mol. The van der Waals surface area contributed by atoms with E-state index in [4.69, 9.17) is 0 Å². The number of benzene rings is 1. The van der Waals surface area contributed by atoms with Gasteiger partial charge in [-0.05, 0) is 12.0 Å². The highest BCUT2D eigenvalue weighted by Gasteiger charge is 2.17. The molecule has 0 saturated carbocycles. The third-order valence-electron chi connectivity index (χ3n) is 3.69. The average Bonchev–Trinajstić information content (AvgIpc) is 2.49. The third kappa shape index (κ3) is 4.62. The largest absolute Gasteiger partial charge is 0.348 e. The maximum atomic E-state index is 12.2. The van der Waals surface area contributed by atoms with Crippen molar-refractivity contribution in [2.75, 3.05) is 32.7 Å². The van der Waals surface area contributed by atoms with Gasteiger partial charge in [-0.15, -0.1) is 0 Å². The maximum Gasteiger partial charge on any atom is 0.234 e. The minimum Gasteiger partial charge on any atom is -0.348 e. The van der Waals surface area contributed by atoms with Gasteiger partial charge in [-0.1, -0.05) is 43.7 Å². The molecule has 1 atom stereocenters. The van der Waals surface area contributed by atoms with Crippen molar-refractivity contribution in [1.82, 2.24) is 15.5 Å². The maximum absolute atomic E-state index is 12.2. The van der Waals surface area contributed by atoms with Crippen molar-refractivity contribution in [3.63, 3.8) is 0 Å². The predicted molar refractivity (Wildman–Crippen MR) is 81.5 cm³/mol. The van der Waals surface area contributed by atoms with E-state index in [1.807, 2.05) is 18.2 Å². The van der Waals surface area contributed by atoms with E-state index in [0.29, 0.717) is 6.54 Å². The summed E-state index contributed by atoms with van der Waals surface area (Å²) in [7, 11) is 0. The molecule has 1 aliphatic rings. The van der Waals surface area contributed by atoms with E-state index in [1.54, 1.807) is 0 Å². The Bertz CT molecular complexity index is 401. The Labute approximate surface area is 121 Å². The summed E-state index contributed by atoms with van der Waals surface area (Å²) in [6.45, 7) is 6.52. The molecule has 1 amide bonds. The topological polar surface area (TPSA) is 44.4 Å². The van der Waals surface area contributed by atoms with Gasteiger partial charge in [0.2, 0.25) is 5.91 Å². The van der Waals surface area contributed by atoms with E-state index in [0.717, 1.165) is 39.0 Å². The molecule has 0 aliphatic carbocycles. The summed E-state index contributed by atoms with van der Waals surface area (Å²) in [5.74, 6) is 0.134. The fourth-order valence-electron chi connectivity index (χ4n) is 2.61. The second-order valence-corrected chi connectivity index (χ2v) is 5.35. The van der Waals surface area contributed by atoms with E-state index < -0.39 is 0 Å². The lowest BCUT2D eigenvalue weighted by Gasteiger charge is -2.27. The Morgan fingerprint density at radius 2 is 2.00 bits per heavy atom. The summed E-state index contributed by atoms with van der Waals surface area (Å²) in [6.07, 6.45) is 2.05. The monoisotopic (exact) mass is 275 g/mol. The van der Waals surface area contributed by atoms with Crippen LogP contribution in [0.25, 0.3) is 0 Å². The summed E-state index contributed by atoms with van der Waals surface area (Å²) < 4.78 is 0. The minimum atomic E-state index is 0.134.